The van der Waals surface area contributed by atoms with Crippen LogP contribution in [0.2, 0.25) is 5.02 Å². The van der Waals surface area contributed by atoms with Crippen LogP contribution in [0.3, 0.4) is 0 Å². The number of hydrogen-bond donors (Lipinski definition) is 2. The highest BCUT2D eigenvalue weighted by atomic mass is 35.5. The maximum atomic E-state index is 7.39. The van der Waals surface area contributed by atoms with Crippen molar-refractivity contribution in [2.75, 3.05) is 5.32 Å². The molecule has 5 heteroatoms. The van der Waals surface area contributed by atoms with Gasteiger partial charge >= 0.3 is 0 Å². The summed E-state index contributed by atoms with van der Waals surface area (Å²) in [5, 5.41) is 11.4. The summed E-state index contributed by atoms with van der Waals surface area (Å²) < 4.78 is 0. The molecule has 3 rings (SSSR count). The molecular weight excluding hydrogens is 356 g/mol. The summed E-state index contributed by atoms with van der Waals surface area (Å²) in [7, 11) is 0. The molecule has 136 valence electrons. The molecule has 27 heavy (non-hydrogen) atoms. The number of aryl methyl sites for hydroxylation is 1. The Morgan fingerprint density at radius 3 is 2.59 bits per heavy atom. The molecule has 4 nitrogen and oxygen atoms in total. The fourth-order valence-electron chi connectivity index (χ4n) is 2.70. The van der Waals surface area contributed by atoms with Crippen LogP contribution in [-0.4, -0.2) is 16.2 Å². The zero-order valence-corrected chi connectivity index (χ0v) is 15.7. The molecule has 0 fully saturated rings. The Bertz CT molecular complexity index is 935. The van der Waals surface area contributed by atoms with Crippen molar-refractivity contribution in [1.29, 1.82) is 5.41 Å². The van der Waals surface area contributed by atoms with Gasteiger partial charge in [0.1, 0.15) is 5.82 Å². The van der Waals surface area contributed by atoms with Crippen molar-refractivity contribution in [2.45, 2.75) is 19.3 Å². The van der Waals surface area contributed by atoms with Gasteiger partial charge in [-0.2, -0.15) is 0 Å². The third-order valence-electron chi connectivity index (χ3n) is 4.04. The summed E-state index contributed by atoms with van der Waals surface area (Å²) >= 11 is 6.10. The van der Waals surface area contributed by atoms with Crippen LogP contribution in [0.15, 0.2) is 67.3 Å². The molecule has 1 aromatic heterocycles. The molecule has 0 unspecified atom stereocenters. The van der Waals surface area contributed by atoms with Gasteiger partial charge in [0.15, 0.2) is 5.82 Å². The van der Waals surface area contributed by atoms with E-state index in [2.05, 4.69) is 34.0 Å². The van der Waals surface area contributed by atoms with Crippen molar-refractivity contribution in [3.8, 4) is 11.4 Å². The maximum absolute atomic E-state index is 7.39. The number of allylic oxidation sites excluding steroid dienone is 1. The van der Waals surface area contributed by atoms with Crippen molar-refractivity contribution in [3.63, 3.8) is 0 Å². The number of nitrogens with one attached hydrogen (secondary N) is 2. The number of aromatic nitrogens is 2. The minimum atomic E-state index is 0.450. The Morgan fingerprint density at radius 1 is 1.07 bits per heavy atom. The first-order chi connectivity index (χ1) is 13.2. The second kappa shape index (κ2) is 9.10. The normalized spacial score (nSPS) is 10.4. The largest absolute Gasteiger partial charge is 0.340 e. The first-order valence-corrected chi connectivity index (χ1v) is 9.15. The average molecular weight is 377 g/mol. The molecule has 0 atom stereocenters. The minimum absolute atomic E-state index is 0.450. The molecular formula is C22H21ClN4. The Kier molecular flexibility index (Phi) is 6.34. The molecule has 0 radical (unpaired) electrons. The predicted molar refractivity (Wildman–Crippen MR) is 113 cm³/mol. The van der Waals surface area contributed by atoms with Crippen LogP contribution in [0.4, 0.5) is 11.5 Å². The molecule has 0 saturated carbocycles. The van der Waals surface area contributed by atoms with E-state index in [1.54, 1.807) is 0 Å². The highest BCUT2D eigenvalue weighted by Gasteiger charge is 2.08. The van der Waals surface area contributed by atoms with Crippen molar-refractivity contribution >= 4 is 29.3 Å². The van der Waals surface area contributed by atoms with Gasteiger partial charge in [-0.05, 0) is 42.7 Å². The Balaban J connectivity index is 1.87. The zero-order chi connectivity index (χ0) is 19.1. The number of nitrogens with zero attached hydrogens (tertiary/aromatic N) is 2. The molecule has 0 aliphatic heterocycles. The van der Waals surface area contributed by atoms with E-state index in [0.717, 1.165) is 29.8 Å². The number of hydrogen-bond acceptors (Lipinski definition) is 4. The van der Waals surface area contributed by atoms with E-state index in [0.29, 0.717) is 23.1 Å². The predicted octanol–water partition coefficient (Wildman–Crippen LogP) is 5.85. The molecule has 0 aliphatic carbocycles. The highest BCUT2D eigenvalue weighted by molar-refractivity contribution is 6.30. The molecule has 0 aliphatic rings. The Hall–Kier alpha value is -2.98. The van der Waals surface area contributed by atoms with Crippen LogP contribution in [0.25, 0.3) is 11.4 Å². The van der Waals surface area contributed by atoms with Crippen molar-refractivity contribution < 1.29 is 0 Å². The average Bonchev–Trinajstić information content (AvgIpc) is 2.67. The van der Waals surface area contributed by atoms with Crippen LogP contribution < -0.4 is 5.32 Å². The molecule has 3 aromatic rings. The van der Waals surface area contributed by atoms with E-state index in [4.69, 9.17) is 17.0 Å². The fourth-order valence-corrected chi connectivity index (χ4v) is 2.89. The summed E-state index contributed by atoms with van der Waals surface area (Å²) in [6.07, 6.45) is 5.66. The van der Waals surface area contributed by atoms with E-state index >= 15 is 0 Å². The third-order valence-corrected chi connectivity index (χ3v) is 4.27. The molecule has 2 N–H and O–H groups in total. The van der Waals surface area contributed by atoms with Gasteiger partial charge in [-0.1, -0.05) is 41.9 Å². The first-order valence-electron chi connectivity index (χ1n) is 8.77. The van der Waals surface area contributed by atoms with Gasteiger partial charge in [0.05, 0.1) is 5.69 Å². The maximum Gasteiger partial charge on any atom is 0.161 e. The smallest absolute Gasteiger partial charge is 0.161 e. The molecule has 0 saturated heterocycles. The summed E-state index contributed by atoms with van der Waals surface area (Å²) in [5.74, 6) is 1.28. The Morgan fingerprint density at radius 2 is 1.89 bits per heavy atom. The number of rotatable bonds is 8. The van der Waals surface area contributed by atoms with E-state index < -0.39 is 0 Å². The lowest BCUT2D eigenvalue weighted by Gasteiger charge is -2.10. The van der Waals surface area contributed by atoms with Crippen molar-refractivity contribution in [1.82, 2.24) is 9.97 Å². The van der Waals surface area contributed by atoms with E-state index in [1.807, 2.05) is 48.5 Å². The molecule has 2 aromatic carbocycles. The van der Waals surface area contributed by atoms with Crippen LogP contribution >= 0.6 is 11.6 Å². The zero-order valence-electron chi connectivity index (χ0n) is 15.0. The molecule has 1 heterocycles. The molecule has 0 amide bonds. The van der Waals surface area contributed by atoms with Gasteiger partial charge in [0.2, 0.25) is 0 Å². The second-order valence-electron chi connectivity index (χ2n) is 6.14. The summed E-state index contributed by atoms with van der Waals surface area (Å²) in [6.45, 7) is 3.76. The van der Waals surface area contributed by atoms with Gasteiger partial charge in [-0.3, -0.25) is 0 Å². The van der Waals surface area contributed by atoms with Crippen LogP contribution in [-0.2, 0) is 12.8 Å². The number of halogens is 1. The standard InChI is InChI=1S/C22H21ClN4/c1-2-3-5-16-8-10-19(11-9-16)25-21-15-20(12-13-24)26-22(27-21)17-6-4-7-18(23)14-17/h2,4,6-11,13-15,24H,1,3,5,12H2,(H,25,26,27). The van der Waals surface area contributed by atoms with Crippen molar-refractivity contribution in [2.24, 2.45) is 0 Å². The summed E-state index contributed by atoms with van der Waals surface area (Å²) in [4.78, 5) is 9.18. The Labute approximate surface area is 164 Å². The minimum Gasteiger partial charge on any atom is -0.340 e. The lowest BCUT2D eigenvalue weighted by atomic mass is 10.1. The van der Waals surface area contributed by atoms with Gasteiger partial charge in [0, 0.05) is 35.0 Å². The van der Waals surface area contributed by atoms with E-state index in [-0.39, 0.29) is 0 Å². The first kappa shape index (κ1) is 18.8. The van der Waals surface area contributed by atoms with Gasteiger partial charge in [-0.15, -0.1) is 6.58 Å². The van der Waals surface area contributed by atoms with E-state index in [9.17, 15) is 0 Å². The van der Waals surface area contributed by atoms with Gasteiger partial charge in [-0.25, -0.2) is 9.97 Å². The monoisotopic (exact) mass is 376 g/mol. The summed E-state index contributed by atoms with van der Waals surface area (Å²) in [5.41, 5.74) is 3.85. The van der Waals surface area contributed by atoms with Crippen molar-refractivity contribution in [3.05, 3.63) is 83.5 Å². The lowest BCUT2D eigenvalue weighted by molar-refractivity contribution is 1.00. The van der Waals surface area contributed by atoms with Crippen LogP contribution in [0.5, 0.6) is 0 Å². The SMILES string of the molecule is C=CCCc1ccc(Nc2cc(CC=N)nc(-c3cccc(Cl)c3)n2)cc1. The van der Waals surface area contributed by atoms with Crippen LogP contribution in [0.1, 0.15) is 17.7 Å². The number of anilines is 2. The molecule has 0 spiro atoms. The van der Waals surface area contributed by atoms with Gasteiger partial charge < -0.3 is 10.7 Å². The summed E-state index contributed by atoms with van der Waals surface area (Å²) in [6, 6.07) is 17.6. The topological polar surface area (TPSA) is 61.7 Å². The third kappa shape index (κ3) is 5.25. The van der Waals surface area contributed by atoms with Gasteiger partial charge in [0.25, 0.3) is 0 Å². The number of benzene rings is 2. The lowest BCUT2D eigenvalue weighted by Crippen LogP contribution is -2.02. The fraction of sp³-hybridized carbons (Fsp3) is 0.136. The quantitative estimate of drug-likeness (QED) is 0.383. The molecule has 0 bridgehead atoms. The second-order valence-corrected chi connectivity index (χ2v) is 6.57. The van der Waals surface area contributed by atoms with E-state index in [1.165, 1.54) is 11.8 Å². The highest BCUT2D eigenvalue weighted by Crippen LogP contribution is 2.23. The van der Waals surface area contributed by atoms with Crippen LogP contribution in [0, 0.1) is 5.41 Å².